The SMILES string of the molecule is CC[n+]1cc2c(O)c(OC)ccc2c2ccc3ccccc3c21. The van der Waals surface area contributed by atoms with Crippen LogP contribution in [-0.2, 0) is 6.54 Å². The van der Waals surface area contributed by atoms with Crippen LogP contribution in [0.25, 0.3) is 32.4 Å². The quantitative estimate of drug-likeness (QED) is 0.445. The van der Waals surface area contributed by atoms with E-state index in [1.165, 1.54) is 16.3 Å². The van der Waals surface area contributed by atoms with Gasteiger partial charge in [0.1, 0.15) is 6.54 Å². The fourth-order valence-electron chi connectivity index (χ4n) is 3.37. The van der Waals surface area contributed by atoms with Crippen molar-refractivity contribution in [3.63, 3.8) is 0 Å². The van der Waals surface area contributed by atoms with Crippen molar-refractivity contribution in [3.05, 3.63) is 54.7 Å². The van der Waals surface area contributed by atoms with Gasteiger partial charge in [-0.25, -0.2) is 0 Å². The van der Waals surface area contributed by atoms with Crippen LogP contribution >= 0.6 is 0 Å². The Morgan fingerprint density at radius 1 is 0.913 bits per heavy atom. The molecule has 1 aromatic heterocycles. The number of aryl methyl sites for hydroxylation is 1. The lowest BCUT2D eigenvalue weighted by Gasteiger charge is -2.10. The maximum Gasteiger partial charge on any atom is 0.221 e. The fraction of sp³-hybridized carbons (Fsp3) is 0.150. The molecule has 0 spiro atoms. The van der Waals surface area contributed by atoms with Crippen molar-refractivity contribution >= 4 is 32.4 Å². The van der Waals surface area contributed by atoms with Crippen molar-refractivity contribution in [1.82, 2.24) is 0 Å². The second-order valence-electron chi connectivity index (χ2n) is 5.68. The van der Waals surface area contributed by atoms with E-state index in [1.807, 2.05) is 18.3 Å². The van der Waals surface area contributed by atoms with Crippen LogP contribution in [0.2, 0.25) is 0 Å². The highest BCUT2D eigenvalue weighted by molar-refractivity contribution is 6.14. The molecule has 3 heteroatoms. The van der Waals surface area contributed by atoms with E-state index in [2.05, 4.69) is 47.9 Å². The molecule has 1 N–H and O–H groups in total. The first kappa shape index (κ1) is 13.8. The van der Waals surface area contributed by atoms with Crippen molar-refractivity contribution in [3.8, 4) is 11.5 Å². The fourth-order valence-corrected chi connectivity index (χ4v) is 3.37. The van der Waals surface area contributed by atoms with Gasteiger partial charge in [0.15, 0.2) is 17.7 Å². The Kier molecular flexibility index (Phi) is 3.08. The minimum Gasteiger partial charge on any atom is -0.504 e. The molecule has 0 saturated heterocycles. The molecule has 0 unspecified atom stereocenters. The number of aromatic hydroxyl groups is 1. The number of nitrogens with zero attached hydrogens (tertiary/aromatic N) is 1. The lowest BCUT2D eigenvalue weighted by molar-refractivity contribution is -0.665. The van der Waals surface area contributed by atoms with Crippen LogP contribution in [0.4, 0.5) is 0 Å². The van der Waals surface area contributed by atoms with Crippen LogP contribution in [0.5, 0.6) is 11.5 Å². The summed E-state index contributed by atoms with van der Waals surface area (Å²) < 4.78 is 7.44. The van der Waals surface area contributed by atoms with Gasteiger partial charge in [-0.15, -0.1) is 0 Å². The van der Waals surface area contributed by atoms with Crippen molar-refractivity contribution in [1.29, 1.82) is 0 Å². The van der Waals surface area contributed by atoms with E-state index in [0.29, 0.717) is 5.75 Å². The number of benzene rings is 3. The molecule has 3 aromatic carbocycles. The monoisotopic (exact) mass is 304 g/mol. The zero-order chi connectivity index (χ0) is 16.0. The summed E-state index contributed by atoms with van der Waals surface area (Å²) in [6.07, 6.45) is 2.02. The van der Waals surface area contributed by atoms with Crippen LogP contribution in [0, 0.1) is 0 Å². The number of ether oxygens (including phenoxy) is 1. The highest BCUT2D eigenvalue weighted by atomic mass is 16.5. The highest BCUT2D eigenvalue weighted by Crippen LogP contribution is 2.37. The number of phenolic OH excluding ortho intramolecular Hbond substituents is 1. The summed E-state index contributed by atoms with van der Waals surface area (Å²) in [5.41, 5.74) is 1.20. The van der Waals surface area contributed by atoms with Gasteiger partial charge in [-0.2, -0.15) is 4.57 Å². The van der Waals surface area contributed by atoms with E-state index in [1.54, 1.807) is 7.11 Å². The number of phenols is 1. The van der Waals surface area contributed by atoms with E-state index < -0.39 is 0 Å². The Labute approximate surface area is 134 Å². The molecule has 4 rings (SSSR count). The number of fused-ring (bicyclic) bond motifs is 5. The van der Waals surface area contributed by atoms with E-state index in [4.69, 9.17) is 4.74 Å². The van der Waals surface area contributed by atoms with Crippen LogP contribution in [-0.4, -0.2) is 12.2 Å². The minimum absolute atomic E-state index is 0.197. The first-order valence-electron chi connectivity index (χ1n) is 7.78. The number of hydrogen-bond donors (Lipinski definition) is 1. The molecule has 3 nitrogen and oxygen atoms in total. The maximum atomic E-state index is 10.5. The predicted octanol–water partition coefficient (Wildman–Crippen LogP) is 4.17. The highest BCUT2D eigenvalue weighted by Gasteiger charge is 2.18. The summed E-state index contributed by atoms with van der Waals surface area (Å²) in [5.74, 6) is 0.697. The van der Waals surface area contributed by atoms with Gasteiger partial charge in [0.2, 0.25) is 5.52 Å². The Morgan fingerprint density at radius 2 is 1.70 bits per heavy atom. The molecular formula is C20H18NO2+. The summed E-state index contributed by atoms with van der Waals surface area (Å²) in [5, 5.41) is 15.9. The first-order chi connectivity index (χ1) is 11.2. The van der Waals surface area contributed by atoms with Gasteiger partial charge in [-0.05, 0) is 36.6 Å². The molecule has 0 bridgehead atoms. The van der Waals surface area contributed by atoms with E-state index >= 15 is 0 Å². The second kappa shape index (κ2) is 5.13. The molecule has 0 amide bonds. The number of rotatable bonds is 2. The van der Waals surface area contributed by atoms with Crippen LogP contribution < -0.4 is 9.30 Å². The summed E-state index contributed by atoms with van der Waals surface area (Å²) in [6, 6.07) is 16.5. The molecule has 114 valence electrons. The van der Waals surface area contributed by atoms with Crippen LogP contribution in [0.1, 0.15) is 6.92 Å². The van der Waals surface area contributed by atoms with Gasteiger partial charge >= 0.3 is 0 Å². The third-order valence-electron chi connectivity index (χ3n) is 4.50. The first-order valence-corrected chi connectivity index (χ1v) is 7.78. The molecule has 0 atom stereocenters. The van der Waals surface area contributed by atoms with E-state index in [0.717, 1.165) is 22.7 Å². The number of methoxy groups -OCH3 is 1. The molecule has 0 saturated carbocycles. The van der Waals surface area contributed by atoms with Gasteiger partial charge in [0.05, 0.1) is 23.3 Å². The third kappa shape index (κ3) is 1.93. The molecule has 0 fully saturated rings. The Hall–Kier alpha value is -2.81. The summed E-state index contributed by atoms with van der Waals surface area (Å²) in [4.78, 5) is 0. The Morgan fingerprint density at radius 3 is 2.48 bits per heavy atom. The second-order valence-corrected chi connectivity index (χ2v) is 5.68. The van der Waals surface area contributed by atoms with Crippen molar-refractivity contribution in [2.45, 2.75) is 13.5 Å². The molecule has 0 aliphatic heterocycles. The van der Waals surface area contributed by atoms with Crippen LogP contribution in [0.3, 0.4) is 0 Å². The molecular weight excluding hydrogens is 286 g/mol. The molecule has 4 aromatic rings. The van der Waals surface area contributed by atoms with Gasteiger partial charge in [0.25, 0.3) is 0 Å². The van der Waals surface area contributed by atoms with Gasteiger partial charge in [0, 0.05) is 5.39 Å². The van der Waals surface area contributed by atoms with Crippen molar-refractivity contribution in [2.75, 3.05) is 7.11 Å². The van der Waals surface area contributed by atoms with Crippen molar-refractivity contribution in [2.24, 2.45) is 0 Å². The number of hydrogen-bond acceptors (Lipinski definition) is 2. The molecule has 0 aliphatic carbocycles. The average molecular weight is 304 g/mol. The topological polar surface area (TPSA) is 33.3 Å². The lowest BCUT2D eigenvalue weighted by Crippen LogP contribution is -2.33. The summed E-state index contributed by atoms with van der Waals surface area (Å²) in [7, 11) is 1.57. The van der Waals surface area contributed by atoms with Gasteiger partial charge in [-0.1, -0.05) is 24.3 Å². The third-order valence-corrected chi connectivity index (χ3v) is 4.50. The van der Waals surface area contributed by atoms with Crippen LogP contribution in [0.15, 0.2) is 54.7 Å². The summed E-state index contributed by atoms with van der Waals surface area (Å²) in [6.45, 7) is 2.95. The molecule has 1 heterocycles. The largest absolute Gasteiger partial charge is 0.504 e. The zero-order valence-electron chi connectivity index (χ0n) is 13.2. The van der Waals surface area contributed by atoms with Gasteiger partial charge < -0.3 is 9.84 Å². The predicted molar refractivity (Wildman–Crippen MR) is 93.0 cm³/mol. The Balaban J connectivity index is 2.26. The summed E-state index contributed by atoms with van der Waals surface area (Å²) >= 11 is 0. The smallest absolute Gasteiger partial charge is 0.221 e. The minimum atomic E-state index is 0.197. The maximum absolute atomic E-state index is 10.5. The van der Waals surface area contributed by atoms with Crippen molar-refractivity contribution < 1.29 is 14.4 Å². The van der Waals surface area contributed by atoms with Gasteiger partial charge in [-0.3, -0.25) is 0 Å². The molecule has 0 aliphatic rings. The van der Waals surface area contributed by atoms with E-state index in [9.17, 15) is 5.11 Å². The number of pyridine rings is 1. The molecule has 23 heavy (non-hydrogen) atoms. The lowest BCUT2D eigenvalue weighted by atomic mass is 10.0. The zero-order valence-corrected chi connectivity index (χ0v) is 13.2. The molecule has 0 radical (unpaired) electrons. The Bertz CT molecular complexity index is 1050. The van der Waals surface area contributed by atoms with E-state index in [-0.39, 0.29) is 5.75 Å². The average Bonchev–Trinajstić information content (AvgIpc) is 2.61. The number of aromatic nitrogens is 1. The standard InChI is InChI=1S/C20H17NO2/c1-3-21-12-17-15(10-11-18(23-2)20(17)22)16-9-8-13-6-4-5-7-14(13)19(16)21/h4-12H,3H2,1-2H3/p+1. The normalized spacial score (nSPS) is 11.4.